The number of anilines is 2. The average molecular weight is 545 g/mol. The van der Waals surface area contributed by atoms with Crippen molar-refractivity contribution in [3.05, 3.63) is 135 Å². The molecule has 3 heterocycles. The lowest BCUT2D eigenvalue weighted by Gasteiger charge is -2.28. The molecule has 0 atom stereocenters. The van der Waals surface area contributed by atoms with E-state index in [1.54, 1.807) is 73.8 Å². The smallest absolute Gasteiger partial charge is 0.264 e. The molecule has 4 aromatic rings. The molecule has 3 aromatic carbocycles. The number of aromatic nitrogens is 1. The first-order valence-corrected chi connectivity index (χ1v) is 12.8. The fourth-order valence-electron chi connectivity index (χ4n) is 5.11. The van der Waals surface area contributed by atoms with Gasteiger partial charge in [0.2, 0.25) is 17.1 Å². The number of ketones is 2. The Kier molecular flexibility index (Phi) is 6.11. The van der Waals surface area contributed by atoms with Gasteiger partial charge in [-0.25, -0.2) is 0 Å². The third-order valence-electron chi connectivity index (χ3n) is 7.27. The number of hydrogen-bond donors (Lipinski definition) is 2. The van der Waals surface area contributed by atoms with Crippen molar-refractivity contribution in [1.29, 1.82) is 0 Å². The zero-order chi connectivity index (χ0) is 28.8. The first kappa shape index (κ1) is 25.6. The summed E-state index contributed by atoms with van der Waals surface area (Å²) >= 11 is 0. The number of aromatic hydroxyl groups is 1. The fourth-order valence-corrected chi connectivity index (χ4v) is 5.11. The van der Waals surface area contributed by atoms with Crippen LogP contribution >= 0.6 is 0 Å². The first-order valence-electron chi connectivity index (χ1n) is 12.8. The molecule has 202 valence electrons. The van der Waals surface area contributed by atoms with Crippen LogP contribution in [0.3, 0.4) is 0 Å². The SMILES string of the molecule is CN1C(=O)/C(=C2/NN(c3ccccc3)C=C2/C=C/C(=O)c2c(O)n(C)c3ccccc3c2=O)C(=O)c2ccccc21. The highest BCUT2D eigenvalue weighted by Gasteiger charge is 2.37. The number of nitrogens with one attached hydrogen (secondary N) is 1. The van der Waals surface area contributed by atoms with Gasteiger partial charge in [-0.05, 0) is 48.6 Å². The van der Waals surface area contributed by atoms with Crippen molar-refractivity contribution < 1.29 is 19.5 Å². The monoisotopic (exact) mass is 544 g/mol. The molecule has 0 saturated carbocycles. The minimum absolute atomic E-state index is 0.0857. The van der Waals surface area contributed by atoms with Crippen molar-refractivity contribution in [1.82, 2.24) is 9.99 Å². The molecule has 2 aliphatic rings. The van der Waals surface area contributed by atoms with Crippen LogP contribution in [0.25, 0.3) is 10.9 Å². The predicted molar refractivity (Wildman–Crippen MR) is 156 cm³/mol. The van der Waals surface area contributed by atoms with E-state index in [0.29, 0.717) is 27.7 Å². The summed E-state index contributed by atoms with van der Waals surface area (Å²) in [5, 5.41) is 12.7. The van der Waals surface area contributed by atoms with Crippen molar-refractivity contribution in [2.75, 3.05) is 17.0 Å². The number of hydrazine groups is 1. The Morgan fingerprint density at radius 3 is 2.34 bits per heavy atom. The van der Waals surface area contributed by atoms with Gasteiger partial charge in [0.25, 0.3) is 5.91 Å². The largest absolute Gasteiger partial charge is 0.494 e. The van der Waals surface area contributed by atoms with Gasteiger partial charge < -0.3 is 14.6 Å². The Hall–Kier alpha value is -5.70. The minimum atomic E-state index is -0.721. The van der Waals surface area contributed by atoms with E-state index in [9.17, 15) is 24.3 Å². The van der Waals surface area contributed by atoms with E-state index in [2.05, 4.69) is 5.43 Å². The molecule has 0 radical (unpaired) electrons. The molecule has 6 rings (SSSR count). The maximum Gasteiger partial charge on any atom is 0.264 e. The fraction of sp³-hybridized carbons (Fsp3) is 0.0625. The number of benzene rings is 3. The Morgan fingerprint density at radius 1 is 0.878 bits per heavy atom. The van der Waals surface area contributed by atoms with Crippen LogP contribution in [-0.4, -0.2) is 34.2 Å². The summed E-state index contributed by atoms with van der Waals surface area (Å²) < 4.78 is 1.38. The van der Waals surface area contributed by atoms with Gasteiger partial charge in [-0.2, -0.15) is 0 Å². The summed E-state index contributed by atoms with van der Waals surface area (Å²) in [6.07, 6.45) is 4.24. The van der Waals surface area contributed by atoms with Crippen LogP contribution in [0.2, 0.25) is 0 Å². The average Bonchev–Trinajstić information content (AvgIpc) is 3.42. The molecular weight excluding hydrogens is 520 g/mol. The quantitative estimate of drug-likeness (QED) is 0.227. The standard InChI is InChI=1S/C32H24N4O5/c1-34-23-14-8-6-12-21(23)29(38)26(31(34)40)25(37)17-16-19-18-36(20-10-4-3-5-11-20)33-28(19)27-30(39)22-13-7-9-15-24(22)35(2)32(27)41/h3-18,33,40H,1-2H3/b17-16+,28-27+. The number of Topliss-reactive ketones (excluding diaryl/α,β-unsaturated/α-hetero) is 1. The molecule has 1 aromatic heterocycles. The maximum absolute atomic E-state index is 13.6. The minimum Gasteiger partial charge on any atom is -0.494 e. The highest BCUT2D eigenvalue weighted by molar-refractivity contribution is 6.35. The van der Waals surface area contributed by atoms with E-state index < -0.39 is 28.8 Å². The van der Waals surface area contributed by atoms with Gasteiger partial charge in [0, 0.05) is 36.8 Å². The number of hydrogen-bond acceptors (Lipinski definition) is 7. The van der Waals surface area contributed by atoms with Gasteiger partial charge in [-0.3, -0.25) is 29.6 Å². The molecule has 0 bridgehead atoms. The van der Waals surface area contributed by atoms with Crippen molar-refractivity contribution in [2.45, 2.75) is 0 Å². The van der Waals surface area contributed by atoms with Gasteiger partial charge in [0.05, 0.1) is 22.6 Å². The number of carbonyl (C=O) groups is 3. The molecule has 2 N–H and O–H groups in total. The predicted octanol–water partition coefficient (Wildman–Crippen LogP) is 4.01. The maximum atomic E-state index is 13.6. The second kappa shape index (κ2) is 9.80. The highest BCUT2D eigenvalue weighted by atomic mass is 16.3. The Balaban J connectivity index is 1.47. The van der Waals surface area contributed by atoms with Crippen LogP contribution in [-0.2, 0) is 11.8 Å². The molecule has 9 heteroatoms. The van der Waals surface area contributed by atoms with Crippen molar-refractivity contribution in [3.63, 3.8) is 0 Å². The lowest BCUT2D eigenvalue weighted by Crippen LogP contribution is -2.39. The van der Waals surface area contributed by atoms with E-state index in [4.69, 9.17) is 0 Å². The topological polar surface area (TPSA) is 112 Å². The van der Waals surface area contributed by atoms with Gasteiger partial charge in [-0.1, -0.05) is 42.5 Å². The molecule has 0 unspecified atom stereocenters. The summed E-state index contributed by atoms with van der Waals surface area (Å²) in [4.78, 5) is 55.0. The molecular formula is C32H24N4O5. The summed E-state index contributed by atoms with van der Waals surface area (Å²) in [5.41, 5.74) is 4.75. The molecule has 0 fully saturated rings. The molecule has 9 nitrogen and oxygen atoms in total. The molecule has 1 amide bonds. The summed E-state index contributed by atoms with van der Waals surface area (Å²) in [7, 11) is 3.16. The first-order chi connectivity index (χ1) is 19.8. The Morgan fingerprint density at radius 2 is 1.56 bits per heavy atom. The Bertz CT molecular complexity index is 1940. The number of fused-ring (bicyclic) bond motifs is 2. The number of allylic oxidation sites excluding steroid dienone is 2. The van der Waals surface area contributed by atoms with Gasteiger partial charge in [0.15, 0.2) is 5.78 Å². The second-order valence-electron chi connectivity index (χ2n) is 9.66. The van der Waals surface area contributed by atoms with Gasteiger partial charge >= 0.3 is 0 Å². The third-order valence-corrected chi connectivity index (χ3v) is 7.27. The number of likely N-dealkylation sites (N-methyl/N-ethyl adjacent to an activating group) is 1. The number of nitrogens with zero attached hydrogens (tertiary/aromatic N) is 3. The number of para-hydroxylation sites is 3. The van der Waals surface area contributed by atoms with Crippen LogP contribution in [0.15, 0.2) is 119 Å². The highest BCUT2D eigenvalue weighted by Crippen LogP contribution is 2.34. The molecule has 0 spiro atoms. The number of amides is 1. The summed E-state index contributed by atoms with van der Waals surface area (Å²) in [5.74, 6) is -2.13. The van der Waals surface area contributed by atoms with E-state index in [0.717, 1.165) is 11.8 Å². The van der Waals surface area contributed by atoms with Crippen LogP contribution in [0.1, 0.15) is 20.7 Å². The van der Waals surface area contributed by atoms with Crippen LogP contribution in [0.5, 0.6) is 5.88 Å². The summed E-state index contributed by atoms with van der Waals surface area (Å²) in [6, 6.07) is 22.8. The molecule has 41 heavy (non-hydrogen) atoms. The van der Waals surface area contributed by atoms with Crippen LogP contribution in [0.4, 0.5) is 11.4 Å². The lowest BCUT2D eigenvalue weighted by molar-refractivity contribution is -0.114. The van der Waals surface area contributed by atoms with Crippen molar-refractivity contribution >= 4 is 39.8 Å². The number of pyridine rings is 1. The molecule has 0 saturated heterocycles. The number of carbonyl (C=O) groups excluding carboxylic acids is 3. The molecule has 0 aliphatic carbocycles. The number of aryl methyl sites for hydroxylation is 1. The van der Waals surface area contributed by atoms with E-state index >= 15 is 0 Å². The summed E-state index contributed by atoms with van der Waals surface area (Å²) in [6.45, 7) is 0. The van der Waals surface area contributed by atoms with E-state index in [1.165, 1.54) is 15.5 Å². The zero-order valence-electron chi connectivity index (χ0n) is 22.2. The van der Waals surface area contributed by atoms with Crippen LogP contribution in [0, 0.1) is 0 Å². The lowest BCUT2D eigenvalue weighted by atomic mass is 9.92. The van der Waals surface area contributed by atoms with E-state index in [-0.39, 0.29) is 16.8 Å². The van der Waals surface area contributed by atoms with Crippen LogP contribution < -0.4 is 20.8 Å². The van der Waals surface area contributed by atoms with Crippen molar-refractivity contribution in [3.8, 4) is 5.88 Å². The number of rotatable bonds is 4. The third kappa shape index (κ3) is 4.11. The molecule has 2 aliphatic heterocycles. The van der Waals surface area contributed by atoms with Gasteiger partial charge in [-0.15, -0.1) is 0 Å². The van der Waals surface area contributed by atoms with Crippen molar-refractivity contribution in [2.24, 2.45) is 7.05 Å². The normalized spacial score (nSPS) is 16.8. The Labute approximate surface area is 234 Å². The second-order valence-corrected chi connectivity index (χ2v) is 9.66. The van der Waals surface area contributed by atoms with Gasteiger partial charge in [0.1, 0.15) is 11.1 Å². The van der Waals surface area contributed by atoms with E-state index in [1.807, 2.05) is 30.3 Å². The zero-order valence-corrected chi connectivity index (χ0v) is 22.2.